The number of carbonyl (C=O) groups is 1. The molecule has 0 bridgehead atoms. The van der Waals surface area contributed by atoms with Gasteiger partial charge in [-0.25, -0.2) is 8.42 Å². The number of sulfone groups is 1. The second-order valence-corrected chi connectivity index (χ2v) is 7.13. The van der Waals surface area contributed by atoms with E-state index < -0.39 is 9.84 Å². The van der Waals surface area contributed by atoms with Crippen molar-refractivity contribution in [1.82, 2.24) is 0 Å². The molecule has 3 nitrogen and oxygen atoms in total. The highest BCUT2D eigenvalue weighted by molar-refractivity contribution is 7.91. The first-order chi connectivity index (χ1) is 8.41. The zero-order valence-corrected chi connectivity index (χ0v) is 11.7. The van der Waals surface area contributed by atoms with Crippen molar-refractivity contribution in [1.29, 1.82) is 0 Å². The second kappa shape index (κ2) is 6.69. The summed E-state index contributed by atoms with van der Waals surface area (Å²) in [5.74, 6) is 0.450. The fourth-order valence-corrected chi connectivity index (χ4v) is 3.58. The van der Waals surface area contributed by atoms with Crippen molar-refractivity contribution in [2.24, 2.45) is 5.92 Å². The molecule has 0 amide bonds. The Bertz CT molecular complexity index is 475. The molecule has 4 heteroatoms. The van der Waals surface area contributed by atoms with Crippen molar-refractivity contribution in [2.75, 3.05) is 11.5 Å². The van der Waals surface area contributed by atoms with Crippen LogP contribution >= 0.6 is 0 Å². The van der Waals surface area contributed by atoms with Crippen molar-refractivity contribution in [3.8, 4) is 0 Å². The minimum atomic E-state index is -3.01. The van der Waals surface area contributed by atoms with E-state index in [4.69, 9.17) is 0 Å². The van der Waals surface area contributed by atoms with E-state index in [2.05, 4.69) is 0 Å². The third-order valence-corrected chi connectivity index (χ3v) is 4.63. The summed E-state index contributed by atoms with van der Waals surface area (Å²) in [6.07, 6.45) is 0.699. The molecular weight excluding hydrogens is 248 g/mol. The van der Waals surface area contributed by atoms with Crippen molar-refractivity contribution < 1.29 is 13.2 Å². The molecule has 100 valence electrons. The molecule has 0 unspecified atom stereocenters. The summed E-state index contributed by atoms with van der Waals surface area (Å²) in [4.78, 5) is 11.8. The summed E-state index contributed by atoms with van der Waals surface area (Å²) in [7, 11) is -3.01. The summed E-state index contributed by atoms with van der Waals surface area (Å²) in [5.41, 5.74) is 0.652. The Labute approximate surface area is 109 Å². The fourth-order valence-electron chi connectivity index (χ4n) is 1.81. The molecule has 0 aliphatic heterocycles. The predicted molar refractivity (Wildman–Crippen MR) is 73.5 cm³/mol. The number of rotatable bonds is 7. The zero-order valence-electron chi connectivity index (χ0n) is 10.9. The number of Topliss-reactive ketones (excluding diaryl/α,β-unsaturated/α-hetero) is 1. The van der Waals surface area contributed by atoms with Crippen molar-refractivity contribution in [3.63, 3.8) is 0 Å². The van der Waals surface area contributed by atoms with Gasteiger partial charge in [0.25, 0.3) is 0 Å². The first-order valence-electron chi connectivity index (χ1n) is 6.19. The van der Waals surface area contributed by atoms with E-state index in [1.807, 2.05) is 32.0 Å². The van der Waals surface area contributed by atoms with Crippen LogP contribution in [0.3, 0.4) is 0 Å². The molecule has 0 N–H and O–H groups in total. The quantitative estimate of drug-likeness (QED) is 0.714. The molecule has 0 saturated heterocycles. The lowest BCUT2D eigenvalue weighted by atomic mass is 10.1. The zero-order chi connectivity index (χ0) is 13.6. The van der Waals surface area contributed by atoms with Crippen LogP contribution in [-0.4, -0.2) is 25.7 Å². The van der Waals surface area contributed by atoms with Crippen molar-refractivity contribution in [2.45, 2.75) is 26.7 Å². The predicted octanol–water partition coefficient (Wildman–Crippen LogP) is 2.72. The Balaban J connectivity index is 2.41. The third kappa shape index (κ3) is 5.45. The van der Waals surface area contributed by atoms with Gasteiger partial charge < -0.3 is 0 Å². The van der Waals surface area contributed by atoms with Crippen LogP contribution in [0.15, 0.2) is 30.3 Å². The lowest BCUT2D eigenvalue weighted by Crippen LogP contribution is -2.16. The lowest BCUT2D eigenvalue weighted by molar-refractivity contribution is 0.0982. The van der Waals surface area contributed by atoms with Crippen LogP contribution in [0.1, 0.15) is 37.0 Å². The smallest absolute Gasteiger partial charge is 0.162 e. The summed E-state index contributed by atoms with van der Waals surface area (Å²) in [6, 6.07) is 8.98. The highest BCUT2D eigenvalue weighted by Crippen LogP contribution is 2.08. The molecular formula is C14H20O3S. The van der Waals surface area contributed by atoms with E-state index in [-0.39, 0.29) is 23.2 Å². The van der Waals surface area contributed by atoms with Gasteiger partial charge in [0.15, 0.2) is 15.6 Å². The second-order valence-electron chi connectivity index (χ2n) is 4.90. The molecule has 0 fully saturated rings. The Kier molecular flexibility index (Phi) is 5.54. The maximum Gasteiger partial charge on any atom is 0.162 e. The van der Waals surface area contributed by atoms with Gasteiger partial charge >= 0.3 is 0 Å². The Morgan fingerprint density at radius 1 is 1.17 bits per heavy atom. The van der Waals surface area contributed by atoms with E-state index in [1.165, 1.54) is 0 Å². The van der Waals surface area contributed by atoms with E-state index in [1.54, 1.807) is 12.1 Å². The molecule has 0 spiro atoms. The molecule has 1 rings (SSSR count). The Morgan fingerprint density at radius 3 is 2.33 bits per heavy atom. The van der Waals surface area contributed by atoms with Crippen LogP contribution in [0.25, 0.3) is 0 Å². The van der Waals surface area contributed by atoms with Crippen LogP contribution in [0.5, 0.6) is 0 Å². The van der Waals surface area contributed by atoms with Crippen LogP contribution < -0.4 is 0 Å². The van der Waals surface area contributed by atoms with Gasteiger partial charge in [-0.15, -0.1) is 0 Å². The van der Waals surface area contributed by atoms with Crippen LogP contribution in [0.2, 0.25) is 0 Å². The van der Waals surface area contributed by atoms with E-state index in [0.717, 1.165) is 0 Å². The SMILES string of the molecule is CC(C)CS(=O)(=O)CCCC(=O)c1ccccc1. The molecule has 1 aromatic carbocycles. The van der Waals surface area contributed by atoms with Crippen LogP contribution in [-0.2, 0) is 9.84 Å². The van der Waals surface area contributed by atoms with Gasteiger partial charge in [-0.05, 0) is 12.3 Å². The van der Waals surface area contributed by atoms with E-state index in [9.17, 15) is 13.2 Å². The van der Waals surface area contributed by atoms with Gasteiger partial charge in [0.2, 0.25) is 0 Å². The number of hydrogen-bond acceptors (Lipinski definition) is 3. The number of benzene rings is 1. The summed E-state index contributed by atoms with van der Waals surface area (Å²) in [5, 5.41) is 0. The summed E-state index contributed by atoms with van der Waals surface area (Å²) < 4.78 is 23.3. The normalized spacial score (nSPS) is 11.7. The molecule has 18 heavy (non-hydrogen) atoms. The standard InChI is InChI=1S/C14H20O3S/c1-12(2)11-18(16,17)10-6-9-14(15)13-7-4-3-5-8-13/h3-5,7-8,12H,6,9-11H2,1-2H3. The van der Waals surface area contributed by atoms with Crippen molar-refractivity contribution in [3.05, 3.63) is 35.9 Å². The molecule has 0 aliphatic rings. The van der Waals surface area contributed by atoms with Gasteiger partial charge in [-0.3, -0.25) is 4.79 Å². The fraction of sp³-hybridized carbons (Fsp3) is 0.500. The average molecular weight is 268 g/mol. The average Bonchev–Trinajstić information content (AvgIpc) is 2.28. The summed E-state index contributed by atoms with van der Waals surface area (Å²) in [6.45, 7) is 3.76. The third-order valence-electron chi connectivity index (χ3n) is 2.54. The molecule has 1 aromatic rings. The minimum absolute atomic E-state index is 0.00958. The largest absolute Gasteiger partial charge is 0.294 e. The molecule has 0 saturated carbocycles. The molecule has 0 atom stereocenters. The Hall–Kier alpha value is -1.16. The van der Waals surface area contributed by atoms with Gasteiger partial charge in [-0.1, -0.05) is 44.2 Å². The Morgan fingerprint density at radius 2 is 1.78 bits per heavy atom. The molecule has 0 aromatic heterocycles. The minimum Gasteiger partial charge on any atom is -0.294 e. The van der Waals surface area contributed by atoms with E-state index in [0.29, 0.717) is 18.4 Å². The highest BCUT2D eigenvalue weighted by atomic mass is 32.2. The first-order valence-corrected chi connectivity index (χ1v) is 8.01. The number of ketones is 1. The van der Waals surface area contributed by atoms with Gasteiger partial charge in [0, 0.05) is 12.0 Å². The summed E-state index contributed by atoms with van der Waals surface area (Å²) >= 11 is 0. The topological polar surface area (TPSA) is 51.2 Å². The van der Waals surface area contributed by atoms with Crippen molar-refractivity contribution >= 4 is 15.6 Å². The molecule has 0 heterocycles. The van der Waals surface area contributed by atoms with Crippen LogP contribution in [0.4, 0.5) is 0 Å². The van der Waals surface area contributed by atoms with Gasteiger partial charge in [0.1, 0.15) is 0 Å². The monoisotopic (exact) mass is 268 g/mol. The van der Waals surface area contributed by atoms with Crippen LogP contribution in [0, 0.1) is 5.92 Å². The highest BCUT2D eigenvalue weighted by Gasteiger charge is 2.14. The molecule has 0 radical (unpaired) electrons. The lowest BCUT2D eigenvalue weighted by Gasteiger charge is -2.06. The molecule has 0 aliphatic carbocycles. The van der Waals surface area contributed by atoms with Gasteiger partial charge in [-0.2, -0.15) is 0 Å². The van der Waals surface area contributed by atoms with Gasteiger partial charge in [0.05, 0.1) is 11.5 Å². The number of hydrogen-bond donors (Lipinski definition) is 0. The number of carbonyl (C=O) groups excluding carboxylic acids is 1. The first kappa shape index (κ1) is 14.9. The maximum absolute atomic E-state index is 11.8. The van der Waals surface area contributed by atoms with E-state index >= 15 is 0 Å². The maximum atomic E-state index is 11.8.